The molecule has 2 aromatic carbocycles. The number of amides is 1. The first-order valence-electron chi connectivity index (χ1n) is 9.73. The predicted molar refractivity (Wildman–Crippen MR) is 124 cm³/mol. The molecule has 0 saturated carbocycles. The van der Waals surface area contributed by atoms with Gasteiger partial charge in [-0.05, 0) is 29.7 Å². The van der Waals surface area contributed by atoms with Crippen molar-refractivity contribution in [3.05, 3.63) is 65.8 Å². The summed E-state index contributed by atoms with van der Waals surface area (Å²) in [5.74, 6) is 0.826. The Bertz CT molecular complexity index is 1280. The molecule has 0 N–H and O–H groups in total. The highest BCUT2D eigenvalue weighted by Crippen LogP contribution is 2.40. The van der Waals surface area contributed by atoms with Crippen molar-refractivity contribution in [3.8, 4) is 11.1 Å². The van der Waals surface area contributed by atoms with Crippen LogP contribution in [0.3, 0.4) is 0 Å². The van der Waals surface area contributed by atoms with E-state index in [1.807, 2.05) is 18.2 Å². The Hall–Kier alpha value is -2.96. The summed E-state index contributed by atoms with van der Waals surface area (Å²) in [7, 11) is 0. The molecule has 30 heavy (non-hydrogen) atoms. The molecule has 0 atom stereocenters. The summed E-state index contributed by atoms with van der Waals surface area (Å²) in [6.45, 7) is 6.27. The van der Waals surface area contributed by atoms with Gasteiger partial charge in [0.2, 0.25) is 5.91 Å². The summed E-state index contributed by atoms with van der Waals surface area (Å²) >= 11 is 8.47. The molecule has 0 radical (unpaired) electrons. The number of halogens is 1. The molecule has 1 amide bonds. The molecule has 1 aliphatic rings. The van der Waals surface area contributed by atoms with Crippen LogP contribution in [-0.4, -0.2) is 47.0 Å². The number of carbonyl (C=O) groups is 1. The van der Waals surface area contributed by atoms with Gasteiger partial charge in [-0.2, -0.15) is 0 Å². The van der Waals surface area contributed by atoms with Crippen LogP contribution in [0.15, 0.2) is 60.8 Å². The number of aromatic nitrogens is 2. The summed E-state index contributed by atoms with van der Waals surface area (Å²) in [6.07, 6.45) is 2.97. The first-order valence-corrected chi connectivity index (χ1v) is 11.0. The Kier molecular flexibility index (Phi) is 4.89. The number of carbonyl (C=O) groups excluding carboxylic acids is 1. The smallest absolute Gasteiger partial charge is 0.246 e. The molecule has 5 rings (SSSR count). The number of hydrogen-bond acceptors (Lipinski definition) is 5. The summed E-state index contributed by atoms with van der Waals surface area (Å²) < 4.78 is 1.24. The third-order valence-electron chi connectivity index (χ3n) is 5.54. The molecule has 2 aromatic heterocycles. The zero-order valence-corrected chi connectivity index (χ0v) is 17.8. The second-order valence-electron chi connectivity index (χ2n) is 7.21. The lowest BCUT2D eigenvalue weighted by Crippen LogP contribution is -2.48. The fourth-order valence-corrected chi connectivity index (χ4v) is 5.20. The minimum Gasteiger partial charge on any atom is -0.352 e. The standard InChI is InChI=1S/C23H19ClN4OS/c1-2-22(29)27-7-9-28(10-8-27)23-17-11-19(24)16(12-20(17)25-14-26-23)18-13-30-21-6-4-3-5-15(18)21/h2-6,11-14H,1,7-10H2. The average molecular weight is 435 g/mol. The zero-order valence-electron chi connectivity index (χ0n) is 16.2. The highest BCUT2D eigenvalue weighted by atomic mass is 35.5. The van der Waals surface area contributed by atoms with Crippen LogP contribution in [-0.2, 0) is 4.79 Å². The zero-order chi connectivity index (χ0) is 20.7. The molecule has 0 spiro atoms. The Morgan fingerprint density at radius 1 is 1.07 bits per heavy atom. The fourth-order valence-electron chi connectivity index (χ4n) is 3.98. The fraction of sp³-hybridized carbons (Fsp3) is 0.174. The minimum absolute atomic E-state index is 0.0297. The predicted octanol–water partition coefficient (Wildman–Crippen LogP) is 5.00. The van der Waals surface area contributed by atoms with E-state index in [1.54, 1.807) is 22.6 Å². The van der Waals surface area contributed by atoms with Crippen molar-refractivity contribution in [2.75, 3.05) is 31.1 Å². The Morgan fingerprint density at radius 2 is 1.87 bits per heavy atom. The third-order valence-corrected chi connectivity index (χ3v) is 6.82. The topological polar surface area (TPSA) is 49.3 Å². The molecular formula is C23H19ClN4OS. The first-order chi connectivity index (χ1) is 14.7. The molecule has 7 heteroatoms. The molecule has 0 bridgehead atoms. The lowest BCUT2D eigenvalue weighted by atomic mass is 10.0. The van der Waals surface area contributed by atoms with Gasteiger partial charge < -0.3 is 9.80 Å². The molecule has 0 unspecified atom stereocenters. The van der Waals surface area contributed by atoms with Gasteiger partial charge in [-0.1, -0.05) is 36.4 Å². The molecule has 150 valence electrons. The summed E-state index contributed by atoms with van der Waals surface area (Å²) in [4.78, 5) is 24.9. The molecule has 1 aliphatic heterocycles. The van der Waals surface area contributed by atoms with Crippen LogP contribution in [0.4, 0.5) is 5.82 Å². The van der Waals surface area contributed by atoms with Gasteiger partial charge in [0.05, 0.1) is 5.52 Å². The van der Waals surface area contributed by atoms with Crippen LogP contribution in [0.1, 0.15) is 0 Å². The first kappa shape index (κ1) is 19.0. The highest BCUT2D eigenvalue weighted by Gasteiger charge is 2.22. The Labute approximate surface area is 183 Å². The molecule has 3 heterocycles. The van der Waals surface area contributed by atoms with Gasteiger partial charge in [0.15, 0.2) is 0 Å². The van der Waals surface area contributed by atoms with E-state index in [2.05, 4.69) is 45.0 Å². The number of benzene rings is 2. The average Bonchev–Trinajstić information content (AvgIpc) is 3.22. The van der Waals surface area contributed by atoms with Crippen molar-refractivity contribution in [1.82, 2.24) is 14.9 Å². The van der Waals surface area contributed by atoms with Crippen LogP contribution in [0.5, 0.6) is 0 Å². The highest BCUT2D eigenvalue weighted by molar-refractivity contribution is 7.17. The SMILES string of the molecule is C=CC(=O)N1CCN(c2ncnc3cc(-c4csc5ccccc45)c(Cl)cc23)CC1. The molecular weight excluding hydrogens is 416 g/mol. The second-order valence-corrected chi connectivity index (χ2v) is 8.53. The summed E-state index contributed by atoms with van der Waals surface area (Å²) in [5.41, 5.74) is 2.96. The lowest BCUT2D eigenvalue weighted by molar-refractivity contribution is -0.126. The third kappa shape index (κ3) is 3.22. The maximum Gasteiger partial charge on any atom is 0.246 e. The maximum atomic E-state index is 11.9. The summed E-state index contributed by atoms with van der Waals surface area (Å²) in [6, 6.07) is 12.4. The molecule has 4 aromatic rings. The van der Waals surface area contributed by atoms with Crippen LogP contribution in [0, 0.1) is 0 Å². The van der Waals surface area contributed by atoms with Gasteiger partial charge in [0, 0.05) is 57.8 Å². The number of hydrogen-bond donors (Lipinski definition) is 0. The maximum absolute atomic E-state index is 11.9. The van der Waals surface area contributed by atoms with E-state index < -0.39 is 0 Å². The quantitative estimate of drug-likeness (QED) is 0.426. The van der Waals surface area contributed by atoms with Crippen molar-refractivity contribution < 1.29 is 4.79 Å². The largest absolute Gasteiger partial charge is 0.352 e. The van der Waals surface area contributed by atoms with Crippen LogP contribution >= 0.6 is 22.9 Å². The monoisotopic (exact) mass is 434 g/mol. The van der Waals surface area contributed by atoms with Crippen molar-refractivity contribution in [2.45, 2.75) is 0 Å². The number of piperazine rings is 1. The van der Waals surface area contributed by atoms with Gasteiger partial charge in [-0.15, -0.1) is 11.3 Å². The van der Waals surface area contributed by atoms with Crippen LogP contribution in [0.2, 0.25) is 5.02 Å². The van der Waals surface area contributed by atoms with E-state index in [0.29, 0.717) is 31.2 Å². The van der Waals surface area contributed by atoms with E-state index in [0.717, 1.165) is 27.8 Å². The van der Waals surface area contributed by atoms with Crippen LogP contribution in [0.25, 0.3) is 32.1 Å². The normalized spacial score (nSPS) is 14.4. The van der Waals surface area contributed by atoms with Gasteiger partial charge in [-0.25, -0.2) is 9.97 Å². The second kappa shape index (κ2) is 7.70. The molecule has 1 saturated heterocycles. The minimum atomic E-state index is -0.0297. The molecule has 0 aliphatic carbocycles. The molecule has 1 fully saturated rings. The summed E-state index contributed by atoms with van der Waals surface area (Å²) in [5, 5.41) is 4.95. The molecule has 5 nitrogen and oxygen atoms in total. The van der Waals surface area contributed by atoms with E-state index in [-0.39, 0.29) is 5.91 Å². The lowest BCUT2D eigenvalue weighted by Gasteiger charge is -2.35. The number of thiophene rings is 1. The van der Waals surface area contributed by atoms with Crippen molar-refractivity contribution >= 4 is 55.7 Å². The van der Waals surface area contributed by atoms with Crippen molar-refractivity contribution in [3.63, 3.8) is 0 Å². The van der Waals surface area contributed by atoms with E-state index >= 15 is 0 Å². The Morgan fingerprint density at radius 3 is 2.67 bits per heavy atom. The van der Waals surface area contributed by atoms with Crippen LogP contribution < -0.4 is 4.90 Å². The van der Waals surface area contributed by atoms with Crippen molar-refractivity contribution in [2.24, 2.45) is 0 Å². The van der Waals surface area contributed by atoms with E-state index in [4.69, 9.17) is 11.6 Å². The number of fused-ring (bicyclic) bond motifs is 2. The number of nitrogens with zero attached hydrogens (tertiary/aromatic N) is 4. The van der Waals surface area contributed by atoms with Gasteiger partial charge in [-0.3, -0.25) is 4.79 Å². The van der Waals surface area contributed by atoms with Gasteiger partial charge in [0.25, 0.3) is 0 Å². The van der Waals surface area contributed by atoms with Crippen molar-refractivity contribution in [1.29, 1.82) is 0 Å². The Balaban J connectivity index is 1.53. The van der Waals surface area contributed by atoms with E-state index in [1.165, 1.54) is 16.2 Å². The van der Waals surface area contributed by atoms with E-state index in [9.17, 15) is 4.79 Å². The number of anilines is 1. The number of rotatable bonds is 3. The van der Waals surface area contributed by atoms with Gasteiger partial charge >= 0.3 is 0 Å². The van der Waals surface area contributed by atoms with Gasteiger partial charge in [0.1, 0.15) is 12.1 Å².